The number of carbonyl (C=O) groups is 1. The fourth-order valence-corrected chi connectivity index (χ4v) is 1.28. The van der Waals surface area contributed by atoms with Gasteiger partial charge in [0, 0.05) is 13.1 Å². The summed E-state index contributed by atoms with van der Waals surface area (Å²) in [5.74, 6) is -0.752. The molecule has 0 radical (unpaired) electrons. The van der Waals surface area contributed by atoms with E-state index in [4.69, 9.17) is 5.11 Å². The maximum Gasteiger partial charge on any atom is 0.323 e. The summed E-state index contributed by atoms with van der Waals surface area (Å²) in [6.07, 6.45) is 5.07. The number of nitrogens with zero attached hydrogens (tertiary/aromatic N) is 1. The number of carboxylic acid groups (broad SMARTS) is 1. The maximum atomic E-state index is 10.9. The molecule has 0 saturated heterocycles. The molecule has 0 aliphatic carbocycles. The van der Waals surface area contributed by atoms with Crippen molar-refractivity contribution in [2.75, 3.05) is 13.1 Å². The molecule has 1 N–H and O–H groups in total. The number of aliphatic carboxylic acids is 1. The summed E-state index contributed by atoms with van der Waals surface area (Å²) in [7, 11) is 0. The zero-order valence-electron chi connectivity index (χ0n) is 7.58. The molecule has 0 unspecified atom stereocenters. The minimum absolute atomic E-state index is 0.731. The second kappa shape index (κ2) is 3.27. The fourth-order valence-electron chi connectivity index (χ4n) is 1.28. The molecule has 1 aliphatic heterocycles. The first-order valence-corrected chi connectivity index (χ1v) is 4.18. The predicted molar refractivity (Wildman–Crippen MR) is 47.0 cm³/mol. The van der Waals surface area contributed by atoms with Crippen LogP contribution in [-0.2, 0) is 4.79 Å². The van der Waals surface area contributed by atoms with Gasteiger partial charge in [0.1, 0.15) is 5.54 Å². The number of rotatable bonds is 2. The van der Waals surface area contributed by atoms with Crippen LogP contribution in [0.3, 0.4) is 0 Å². The van der Waals surface area contributed by atoms with Crippen molar-refractivity contribution < 1.29 is 9.90 Å². The van der Waals surface area contributed by atoms with Gasteiger partial charge in [-0.2, -0.15) is 0 Å². The molecule has 0 saturated carbocycles. The number of hydrogen-bond donors (Lipinski definition) is 1. The molecule has 0 aromatic rings. The summed E-state index contributed by atoms with van der Waals surface area (Å²) in [5.41, 5.74) is -0.731. The van der Waals surface area contributed by atoms with Gasteiger partial charge in [-0.3, -0.25) is 9.69 Å². The molecule has 1 aliphatic rings. The van der Waals surface area contributed by atoms with Gasteiger partial charge in [-0.25, -0.2) is 0 Å². The van der Waals surface area contributed by atoms with Gasteiger partial charge in [-0.15, -0.1) is 0 Å². The molecular weight excluding hydrogens is 154 g/mol. The third-order valence-electron chi connectivity index (χ3n) is 2.37. The van der Waals surface area contributed by atoms with Crippen LogP contribution in [0.25, 0.3) is 0 Å². The Kier molecular flexibility index (Phi) is 2.52. The Morgan fingerprint density at radius 1 is 1.50 bits per heavy atom. The summed E-state index contributed by atoms with van der Waals surface area (Å²) in [5, 5.41) is 8.93. The van der Waals surface area contributed by atoms with E-state index >= 15 is 0 Å². The molecule has 3 heteroatoms. The molecule has 68 valence electrons. The highest BCUT2D eigenvalue weighted by atomic mass is 16.4. The van der Waals surface area contributed by atoms with Gasteiger partial charge in [0.2, 0.25) is 0 Å². The van der Waals surface area contributed by atoms with Crippen LogP contribution in [0.5, 0.6) is 0 Å². The Morgan fingerprint density at radius 3 is 2.58 bits per heavy atom. The van der Waals surface area contributed by atoms with E-state index in [2.05, 4.69) is 6.08 Å². The van der Waals surface area contributed by atoms with Crippen molar-refractivity contribution in [2.45, 2.75) is 25.8 Å². The van der Waals surface area contributed by atoms with Crippen LogP contribution in [0.1, 0.15) is 20.3 Å². The van der Waals surface area contributed by atoms with Gasteiger partial charge in [0.25, 0.3) is 0 Å². The van der Waals surface area contributed by atoms with Crippen LogP contribution >= 0.6 is 0 Å². The minimum Gasteiger partial charge on any atom is -0.480 e. The van der Waals surface area contributed by atoms with Gasteiger partial charge in [-0.05, 0) is 20.3 Å². The molecule has 0 atom stereocenters. The molecule has 1 rings (SSSR count). The molecular formula is C9H15NO2. The molecule has 0 fully saturated rings. The van der Waals surface area contributed by atoms with Crippen molar-refractivity contribution in [2.24, 2.45) is 0 Å². The summed E-state index contributed by atoms with van der Waals surface area (Å²) >= 11 is 0. The average molecular weight is 169 g/mol. The van der Waals surface area contributed by atoms with Crippen LogP contribution in [0.2, 0.25) is 0 Å². The largest absolute Gasteiger partial charge is 0.480 e. The van der Waals surface area contributed by atoms with Crippen LogP contribution in [0.15, 0.2) is 12.2 Å². The molecule has 0 aromatic carbocycles. The van der Waals surface area contributed by atoms with E-state index in [9.17, 15) is 4.79 Å². The number of hydrogen-bond acceptors (Lipinski definition) is 2. The van der Waals surface area contributed by atoms with Crippen molar-refractivity contribution in [3.05, 3.63) is 12.2 Å². The normalized spacial score (nSPS) is 19.5. The summed E-state index contributed by atoms with van der Waals surface area (Å²) in [4.78, 5) is 12.8. The Bertz CT molecular complexity index is 209. The van der Waals surface area contributed by atoms with E-state index < -0.39 is 11.5 Å². The smallest absolute Gasteiger partial charge is 0.323 e. The first-order chi connectivity index (χ1) is 5.55. The second-order valence-electron chi connectivity index (χ2n) is 3.57. The average Bonchev–Trinajstić information content (AvgIpc) is 2.06. The first kappa shape index (κ1) is 9.26. The van der Waals surface area contributed by atoms with Crippen LogP contribution in [0, 0.1) is 0 Å². The molecule has 12 heavy (non-hydrogen) atoms. The summed E-state index contributed by atoms with van der Waals surface area (Å²) < 4.78 is 0. The van der Waals surface area contributed by atoms with Crippen molar-refractivity contribution in [1.29, 1.82) is 0 Å². The first-order valence-electron chi connectivity index (χ1n) is 4.18. The Labute approximate surface area is 72.7 Å². The van der Waals surface area contributed by atoms with Gasteiger partial charge < -0.3 is 5.11 Å². The lowest BCUT2D eigenvalue weighted by Gasteiger charge is -2.35. The lowest BCUT2D eigenvalue weighted by atomic mass is 10.0. The van der Waals surface area contributed by atoms with E-state index in [0.717, 1.165) is 19.5 Å². The van der Waals surface area contributed by atoms with Crippen LogP contribution in [0.4, 0.5) is 0 Å². The molecule has 0 spiro atoms. The monoisotopic (exact) mass is 169 g/mol. The maximum absolute atomic E-state index is 10.9. The van der Waals surface area contributed by atoms with E-state index in [1.165, 1.54) is 0 Å². The summed E-state index contributed by atoms with van der Waals surface area (Å²) in [6, 6.07) is 0. The Balaban J connectivity index is 2.67. The topological polar surface area (TPSA) is 40.5 Å². The van der Waals surface area contributed by atoms with Crippen molar-refractivity contribution in [3.8, 4) is 0 Å². The summed E-state index contributed by atoms with van der Waals surface area (Å²) in [6.45, 7) is 5.08. The zero-order chi connectivity index (χ0) is 9.19. The molecule has 0 aromatic heterocycles. The van der Waals surface area contributed by atoms with Crippen LogP contribution in [-0.4, -0.2) is 34.6 Å². The highest BCUT2D eigenvalue weighted by Gasteiger charge is 2.33. The predicted octanol–water partition coefficient (Wildman–Crippen LogP) is 1.11. The van der Waals surface area contributed by atoms with E-state index in [0.29, 0.717) is 0 Å². The van der Waals surface area contributed by atoms with Crippen molar-refractivity contribution >= 4 is 5.97 Å². The van der Waals surface area contributed by atoms with Gasteiger partial charge >= 0.3 is 5.97 Å². The quantitative estimate of drug-likeness (QED) is 0.629. The van der Waals surface area contributed by atoms with Crippen LogP contribution < -0.4 is 0 Å². The lowest BCUT2D eigenvalue weighted by molar-refractivity contribution is -0.149. The standard InChI is InChI=1S/C9H15NO2/c1-9(2,8(11)12)10-6-4-3-5-7-10/h3-4H,5-7H2,1-2H3,(H,11,12). The minimum atomic E-state index is -0.752. The molecule has 0 bridgehead atoms. The Hall–Kier alpha value is -0.830. The van der Waals surface area contributed by atoms with E-state index in [1.54, 1.807) is 13.8 Å². The van der Waals surface area contributed by atoms with Crippen molar-refractivity contribution in [1.82, 2.24) is 4.90 Å². The van der Waals surface area contributed by atoms with Crippen molar-refractivity contribution in [3.63, 3.8) is 0 Å². The van der Waals surface area contributed by atoms with E-state index in [-0.39, 0.29) is 0 Å². The highest BCUT2D eigenvalue weighted by molar-refractivity contribution is 5.77. The SMILES string of the molecule is CC(C)(C(=O)O)N1CC=CCC1. The molecule has 3 nitrogen and oxygen atoms in total. The third-order valence-corrected chi connectivity index (χ3v) is 2.37. The van der Waals surface area contributed by atoms with E-state index in [1.807, 2.05) is 11.0 Å². The molecule has 0 amide bonds. The lowest BCUT2D eigenvalue weighted by Crippen LogP contribution is -2.51. The van der Waals surface area contributed by atoms with Gasteiger partial charge in [0.05, 0.1) is 0 Å². The second-order valence-corrected chi connectivity index (χ2v) is 3.57. The zero-order valence-corrected chi connectivity index (χ0v) is 7.58. The van der Waals surface area contributed by atoms with Gasteiger partial charge in [0.15, 0.2) is 0 Å². The Morgan fingerprint density at radius 2 is 2.17 bits per heavy atom. The van der Waals surface area contributed by atoms with Gasteiger partial charge in [-0.1, -0.05) is 12.2 Å². The number of carboxylic acids is 1. The molecule has 1 heterocycles. The fraction of sp³-hybridized carbons (Fsp3) is 0.667. The highest BCUT2D eigenvalue weighted by Crippen LogP contribution is 2.17. The third kappa shape index (κ3) is 1.67.